The molecule has 3 rings (SSSR count). The minimum absolute atomic E-state index is 0.590. The lowest BCUT2D eigenvalue weighted by Crippen LogP contribution is -2.46. The summed E-state index contributed by atoms with van der Waals surface area (Å²) < 4.78 is 5.51. The van der Waals surface area contributed by atoms with Crippen molar-refractivity contribution in [2.45, 2.75) is 38.7 Å². The highest BCUT2D eigenvalue weighted by atomic mass is 16.5. The minimum atomic E-state index is -0.648. The molecule has 0 unspecified atom stereocenters. The summed E-state index contributed by atoms with van der Waals surface area (Å²) in [5.74, 6) is 1.31. The first-order valence-electron chi connectivity index (χ1n) is 8.58. The second-order valence-corrected chi connectivity index (χ2v) is 6.45. The maximum Gasteiger partial charge on any atom is 0.228 e. The summed E-state index contributed by atoms with van der Waals surface area (Å²) in [6.07, 6.45) is 2.12. The Morgan fingerprint density at radius 3 is 2.54 bits per heavy atom. The summed E-state index contributed by atoms with van der Waals surface area (Å²) in [7, 11) is 0. The number of aliphatic hydroxyl groups is 1. The largest absolute Gasteiger partial charge is 0.478 e. The van der Waals surface area contributed by atoms with Gasteiger partial charge in [0.15, 0.2) is 0 Å². The van der Waals surface area contributed by atoms with Gasteiger partial charge in [0.2, 0.25) is 11.8 Å². The Labute approximate surface area is 143 Å². The van der Waals surface area contributed by atoms with Crippen molar-refractivity contribution in [1.82, 2.24) is 9.97 Å². The molecule has 0 aliphatic carbocycles. The van der Waals surface area contributed by atoms with Crippen LogP contribution in [0.3, 0.4) is 0 Å². The molecule has 2 aromatic rings. The lowest BCUT2D eigenvalue weighted by Gasteiger charge is -2.38. The number of anilines is 1. The van der Waals surface area contributed by atoms with Crippen LogP contribution in [0.5, 0.6) is 5.88 Å². The van der Waals surface area contributed by atoms with Gasteiger partial charge in [0.05, 0.1) is 12.2 Å². The molecule has 1 N–H and O–H groups in total. The van der Waals surface area contributed by atoms with Crippen molar-refractivity contribution in [3.05, 3.63) is 47.7 Å². The van der Waals surface area contributed by atoms with Crippen LogP contribution in [-0.2, 0) is 6.42 Å². The third-order valence-electron chi connectivity index (χ3n) is 4.46. The molecule has 24 heavy (non-hydrogen) atoms. The maximum atomic E-state index is 10.9. The first-order chi connectivity index (χ1) is 11.6. The predicted octanol–water partition coefficient (Wildman–Crippen LogP) is 2.76. The van der Waals surface area contributed by atoms with Gasteiger partial charge in [0.1, 0.15) is 0 Å². The zero-order valence-electron chi connectivity index (χ0n) is 14.4. The predicted molar refractivity (Wildman–Crippen MR) is 94.5 cm³/mol. The highest BCUT2D eigenvalue weighted by molar-refractivity contribution is 5.35. The molecule has 1 fully saturated rings. The van der Waals surface area contributed by atoms with Crippen LogP contribution in [0.4, 0.5) is 5.95 Å². The van der Waals surface area contributed by atoms with Gasteiger partial charge in [-0.25, -0.2) is 4.98 Å². The number of rotatable bonds is 5. The van der Waals surface area contributed by atoms with Crippen molar-refractivity contribution in [2.75, 3.05) is 24.6 Å². The number of hydrogen-bond acceptors (Lipinski definition) is 5. The Morgan fingerprint density at radius 1 is 1.17 bits per heavy atom. The van der Waals surface area contributed by atoms with E-state index in [2.05, 4.69) is 27.0 Å². The topological polar surface area (TPSA) is 58.5 Å². The summed E-state index contributed by atoms with van der Waals surface area (Å²) in [4.78, 5) is 11.1. The molecule has 0 radical (unpaired) electrons. The standard InChI is InChI=1S/C19H25N3O2/c1-3-24-17-13-15(2)20-18(21-17)22-11-9-19(23,10-12-22)14-16-7-5-4-6-8-16/h4-8,13,23H,3,9-12,14H2,1-2H3. The summed E-state index contributed by atoms with van der Waals surface area (Å²) in [6.45, 7) is 5.98. The summed E-state index contributed by atoms with van der Waals surface area (Å²) in [6, 6.07) is 12.0. The number of aryl methyl sites for hydroxylation is 1. The molecule has 5 heteroatoms. The molecule has 1 saturated heterocycles. The van der Waals surface area contributed by atoms with E-state index in [-0.39, 0.29) is 0 Å². The monoisotopic (exact) mass is 327 g/mol. The Bertz CT molecular complexity index is 668. The number of hydrogen-bond donors (Lipinski definition) is 1. The molecule has 5 nitrogen and oxygen atoms in total. The normalized spacial score (nSPS) is 16.9. The van der Waals surface area contributed by atoms with E-state index in [1.54, 1.807) is 0 Å². The van der Waals surface area contributed by atoms with Crippen molar-refractivity contribution in [1.29, 1.82) is 0 Å². The summed E-state index contributed by atoms with van der Waals surface area (Å²) in [5, 5.41) is 10.9. The molecule has 0 spiro atoms. The van der Waals surface area contributed by atoms with Crippen molar-refractivity contribution in [2.24, 2.45) is 0 Å². The maximum absolute atomic E-state index is 10.9. The molecule has 1 aromatic carbocycles. The smallest absolute Gasteiger partial charge is 0.228 e. The van der Waals surface area contributed by atoms with Crippen LogP contribution in [-0.4, -0.2) is 40.4 Å². The van der Waals surface area contributed by atoms with Gasteiger partial charge in [-0.15, -0.1) is 0 Å². The van der Waals surface area contributed by atoms with Crippen LogP contribution in [0.15, 0.2) is 36.4 Å². The summed E-state index contributed by atoms with van der Waals surface area (Å²) in [5.41, 5.74) is 1.43. The summed E-state index contributed by atoms with van der Waals surface area (Å²) >= 11 is 0. The number of aromatic nitrogens is 2. The van der Waals surface area contributed by atoms with Crippen LogP contribution in [0.25, 0.3) is 0 Å². The first kappa shape index (κ1) is 16.7. The van der Waals surface area contributed by atoms with E-state index in [1.165, 1.54) is 5.56 Å². The van der Waals surface area contributed by atoms with E-state index in [4.69, 9.17) is 4.74 Å². The average molecular weight is 327 g/mol. The Balaban J connectivity index is 1.66. The van der Waals surface area contributed by atoms with Crippen molar-refractivity contribution < 1.29 is 9.84 Å². The zero-order chi connectivity index (χ0) is 17.0. The van der Waals surface area contributed by atoms with E-state index in [0.717, 1.165) is 18.8 Å². The molecule has 0 saturated carbocycles. The minimum Gasteiger partial charge on any atom is -0.478 e. The van der Waals surface area contributed by atoms with Gasteiger partial charge in [-0.3, -0.25) is 0 Å². The van der Waals surface area contributed by atoms with Gasteiger partial charge < -0.3 is 14.7 Å². The fourth-order valence-corrected chi connectivity index (χ4v) is 3.16. The van der Waals surface area contributed by atoms with Gasteiger partial charge in [-0.1, -0.05) is 30.3 Å². The molecule has 1 aliphatic rings. The van der Waals surface area contributed by atoms with Gasteiger partial charge in [0.25, 0.3) is 0 Å². The van der Waals surface area contributed by atoms with Crippen LogP contribution in [0.2, 0.25) is 0 Å². The molecular weight excluding hydrogens is 302 g/mol. The third kappa shape index (κ3) is 4.03. The van der Waals surface area contributed by atoms with Gasteiger partial charge >= 0.3 is 0 Å². The van der Waals surface area contributed by atoms with Crippen molar-refractivity contribution in [3.63, 3.8) is 0 Å². The first-order valence-corrected chi connectivity index (χ1v) is 8.58. The molecular formula is C19H25N3O2. The molecule has 1 aromatic heterocycles. The number of ether oxygens (including phenoxy) is 1. The number of nitrogens with zero attached hydrogens (tertiary/aromatic N) is 3. The van der Waals surface area contributed by atoms with Crippen LogP contribution in [0, 0.1) is 6.92 Å². The third-order valence-corrected chi connectivity index (χ3v) is 4.46. The molecule has 0 bridgehead atoms. The Kier molecular flexibility index (Phi) is 5.00. The highest BCUT2D eigenvalue weighted by Crippen LogP contribution is 2.28. The SMILES string of the molecule is CCOc1cc(C)nc(N2CCC(O)(Cc3ccccc3)CC2)n1. The fraction of sp³-hybridized carbons (Fsp3) is 0.474. The zero-order valence-corrected chi connectivity index (χ0v) is 14.4. The van der Waals surface area contributed by atoms with Crippen molar-refractivity contribution in [3.8, 4) is 5.88 Å². The second-order valence-electron chi connectivity index (χ2n) is 6.45. The Hall–Kier alpha value is -2.14. The van der Waals surface area contributed by atoms with Crippen molar-refractivity contribution >= 4 is 5.95 Å². The molecule has 1 aliphatic heterocycles. The van der Waals surface area contributed by atoms with Crippen LogP contribution in [0.1, 0.15) is 31.0 Å². The molecule has 2 heterocycles. The number of piperidine rings is 1. The van der Waals surface area contributed by atoms with E-state index in [9.17, 15) is 5.11 Å². The lowest BCUT2D eigenvalue weighted by molar-refractivity contribution is 0.0163. The highest BCUT2D eigenvalue weighted by Gasteiger charge is 2.33. The molecule has 128 valence electrons. The van der Waals surface area contributed by atoms with E-state index >= 15 is 0 Å². The van der Waals surface area contributed by atoms with E-state index in [1.807, 2.05) is 38.1 Å². The quantitative estimate of drug-likeness (QED) is 0.915. The van der Waals surface area contributed by atoms with Gasteiger partial charge in [-0.05, 0) is 32.3 Å². The van der Waals surface area contributed by atoms with E-state index < -0.39 is 5.60 Å². The lowest BCUT2D eigenvalue weighted by atomic mass is 9.85. The fourth-order valence-electron chi connectivity index (χ4n) is 3.16. The van der Waals surface area contributed by atoms with Gasteiger partial charge in [0, 0.05) is 31.3 Å². The van der Waals surface area contributed by atoms with Crippen LogP contribution >= 0.6 is 0 Å². The van der Waals surface area contributed by atoms with Crippen LogP contribution < -0.4 is 9.64 Å². The molecule has 0 amide bonds. The van der Waals surface area contributed by atoms with Gasteiger partial charge in [-0.2, -0.15) is 4.98 Å². The number of benzene rings is 1. The van der Waals surface area contributed by atoms with E-state index in [0.29, 0.717) is 37.7 Å². The second kappa shape index (κ2) is 7.18. The average Bonchev–Trinajstić information content (AvgIpc) is 2.56. The molecule has 0 atom stereocenters. The Morgan fingerprint density at radius 2 is 1.88 bits per heavy atom.